The number of methoxy groups -OCH3 is 1. The number of para-hydroxylation sites is 1. The van der Waals surface area contributed by atoms with Gasteiger partial charge in [-0.25, -0.2) is 4.39 Å². The summed E-state index contributed by atoms with van der Waals surface area (Å²) in [6.45, 7) is 2.48. The number of halogens is 2. The van der Waals surface area contributed by atoms with E-state index in [-0.39, 0.29) is 10.6 Å². The normalized spacial score (nSPS) is 20.3. The Bertz CT molecular complexity index is 1070. The van der Waals surface area contributed by atoms with Crippen LogP contribution in [0.4, 0.5) is 10.1 Å². The zero-order chi connectivity index (χ0) is 20.0. The first kappa shape index (κ1) is 18.5. The molecule has 5 heteroatoms. The molecular weight excluding hydrogens is 387 g/mol. The van der Waals surface area contributed by atoms with Crippen molar-refractivity contribution < 1.29 is 9.13 Å². The third-order valence-corrected chi connectivity index (χ3v) is 6.57. The van der Waals surface area contributed by atoms with Gasteiger partial charge in [-0.2, -0.15) is 0 Å². The number of nitrogens with zero attached hydrogens (tertiary/aromatic N) is 1. The van der Waals surface area contributed by atoms with Crippen LogP contribution >= 0.6 is 11.6 Å². The van der Waals surface area contributed by atoms with E-state index in [1.54, 1.807) is 13.2 Å². The molecule has 2 aliphatic rings. The van der Waals surface area contributed by atoms with Gasteiger partial charge in [0, 0.05) is 42.9 Å². The van der Waals surface area contributed by atoms with Gasteiger partial charge in [-0.3, -0.25) is 0 Å². The van der Waals surface area contributed by atoms with E-state index >= 15 is 4.39 Å². The van der Waals surface area contributed by atoms with Crippen molar-refractivity contribution in [2.45, 2.75) is 12.0 Å². The average Bonchev–Trinajstić information content (AvgIpc) is 3.10. The third-order valence-electron chi connectivity index (χ3n) is 6.20. The van der Waals surface area contributed by atoms with Gasteiger partial charge in [-0.1, -0.05) is 60.1 Å². The quantitative estimate of drug-likeness (QED) is 0.658. The van der Waals surface area contributed by atoms with Gasteiger partial charge in [0.05, 0.1) is 17.7 Å². The minimum Gasteiger partial charge on any atom is -0.496 e. The molecule has 3 aromatic rings. The first-order chi connectivity index (χ1) is 14.2. The molecule has 3 nitrogen and oxygen atoms in total. The van der Waals surface area contributed by atoms with E-state index in [4.69, 9.17) is 16.3 Å². The summed E-state index contributed by atoms with van der Waals surface area (Å²) in [7, 11) is 1.63. The Labute approximate surface area is 175 Å². The van der Waals surface area contributed by atoms with Crippen LogP contribution in [0.25, 0.3) is 11.1 Å². The van der Waals surface area contributed by atoms with Crippen LogP contribution in [0.2, 0.25) is 5.02 Å². The number of piperazine rings is 1. The highest BCUT2D eigenvalue weighted by Gasteiger charge is 2.48. The van der Waals surface area contributed by atoms with Gasteiger partial charge in [0.15, 0.2) is 0 Å². The van der Waals surface area contributed by atoms with E-state index in [9.17, 15) is 0 Å². The SMILES string of the molecule is COc1ccccc1-c1c(Cl)c(F)cc2c1C[C@]1(c3ccccc3)CNCCN21. The summed E-state index contributed by atoms with van der Waals surface area (Å²) in [5, 5.41) is 3.70. The zero-order valence-electron chi connectivity index (χ0n) is 16.2. The highest BCUT2D eigenvalue weighted by molar-refractivity contribution is 6.34. The number of ether oxygens (including phenoxy) is 1. The molecule has 1 N–H and O–H groups in total. The fraction of sp³-hybridized carbons (Fsp3) is 0.250. The lowest BCUT2D eigenvalue weighted by Gasteiger charge is -2.45. The maximum absolute atomic E-state index is 15.0. The Hall–Kier alpha value is -2.56. The van der Waals surface area contributed by atoms with Crippen LogP contribution in [-0.2, 0) is 12.0 Å². The lowest BCUT2D eigenvalue weighted by molar-refractivity contribution is 0.350. The van der Waals surface area contributed by atoms with Gasteiger partial charge in [0.25, 0.3) is 0 Å². The molecular formula is C24H22ClFN2O. The number of anilines is 1. The van der Waals surface area contributed by atoms with Crippen molar-refractivity contribution in [1.82, 2.24) is 5.32 Å². The van der Waals surface area contributed by atoms with E-state index < -0.39 is 5.82 Å². The summed E-state index contributed by atoms with van der Waals surface area (Å²) >= 11 is 6.56. The van der Waals surface area contributed by atoms with Crippen molar-refractivity contribution in [3.63, 3.8) is 0 Å². The second kappa shape index (κ2) is 7.05. The average molecular weight is 409 g/mol. The number of rotatable bonds is 3. The molecule has 0 saturated carbocycles. The highest BCUT2D eigenvalue weighted by atomic mass is 35.5. The van der Waals surface area contributed by atoms with Gasteiger partial charge < -0.3 is 15.0 Å². The number of hydrogen-bond donors (Lipinski definition) is 1. The molecule has 5 rings (SSSR count). The molecule has 0 aromatic heterocycles. The monoisotopic (exact) mass is 408 g/mol. The molecule has 3 aromatic carbocycles. The summed E-state index contributed by atoms with van der Waals surface area (Å²) in [6, 6.07) is 19.8. The van der Waals surface area contributed by atoms with E-state index in [1.807, 2.05) is 30.3 Å². The van der Waals surface area contributed by atoms with Gasteiger partial charge in [-0.05, 0) is 23.3 Å². The van der Waals surface area contributed by atoms with Crippen molar-refractivity contribution in [2.75, 3.05) is 31.6 Å². The second-order valence-electron chi connectivity index (χ2n) is 7.65. The maximum Gasteiger partial charge on any atom is 0.144 e. The van der Waals surface area contributed by atoms with Crippen molar-refractivity contribution in [1.29, 1.82) is 0 Å². The number of fused-ring (bicyclic) bond motifs is 3. The lowest BCUT2D eigenvalue weighted by Crippen LogP contribution is -2.57. The van der Waals surface area contributed by atoms with Gasteiger partial charge in [0.2, 0.25) is 0 Å². The smallest absolute Gasteiger partial charge is 0.144 e. The first-order valence-electron chi connectivity index (χ1n) is 9.84. The van der Waals surface area contributed by atoms with E-state index in [0.29, 0.717) is 5.75 Å². The summed E-state index contributed by atoms with van der Waals surface area (Å²) in [4.78, 5) is 2.35. The molecule has 0 spiro atoms. The largest absolute Gasteiger partial charge is 0.496 e. The number of benzene rings is 3. The highest BCUT2D eigenvalue weighted by Crippen LogP contribution is 2.52. The Morgan fingerprint density at radius 2 is 1.86 bits per heavy atom. The Morgan fingerprint density at radius 1 is 1.10 bits per heavy atom. The van der Waals surface area contributed by atoms with E-state index in [0.717, 1.165) is 48.4 Å². The van der Waals surface area contributed by atoms with Gasteiger partial charge >= 0.3 is 0 Å². The molecule has 148 valence electrons. The Morgan fingerprint density at radius 3 is 2.66 bits per heavy atom. The molecule has 29 heavy (non-hydrogen) atoms. The van der Waals surface area contributed by atoms with Gasteiger partial charge in [-0.15, -0.1) is 0 Å². The topological polar surface area (TPSA) is 24.5 Å². The molecule has 0 radical (unpaired) electrons. The minimum atomic E-state index is -0.395. The lowest BCUT2D eigenvalue weighted by atomic mass is 9.83. The van der Waals surface area contributed by atoms with Crippen molar-refractivity contribution in [2.24, 2.45) is 0 Å². The number of hydrogen-bond acceptors (Lipinski definition) is 3. The number of nitrogens with one attached hydrogen (secondary N) is 1. The third kappa shape index (κ3) is 2.74. The standard InChI is InChI=1S/C24H22ClFN2O/c1-29-21-10-6-5-9-17(21)22-18-14-24(16-7-3-2-4-8-16)15-27-11-12-28(24)20(18)13-19(26)23(22)25/h2-10,13,27H,11-12,14-15H2,1H3/t24-/m1/s1. The van der Waals surface area contributed by atoms with Crippen LogP contribution in [0.15, 0.2) is 60.7 Å². The van der Waals surface area contributed by atoms with Crippen LogP contribution in [0, 0.1) is 5.82 Å². The van der Waals surface area contributed by atoms with Crippen LogP contribution in [-0.4, -0.2) is 26.7 Å². The minimum absolute atomic E-state index is 0.157. The predicted octanol–water partition coefficient (Wildman–Crippen LogP) is 5.02. The van der Waals surface area contributed by atoms with Crippen LogP contribution < -0.4 is 15.0 Å². The molecule has 1 atom stereocenters. The Kier molecular flexibility index (Phi) is 4.49. The molecule has 2 aliphatic heterocycles. The molecule has 0 amide bonds. The molecule has 1 saturated heterocycles. The van der Waals surface area contributed by atoms with Crippen LogP contribution in [0.5, 0.6) is 5.75 Å². The Balaban J connectivity index is 1.77. The van der Waals surface area contributed by atoms with Crippen molar-refractivity contribution in [3.05, 3.63) is 82.6 Å². The summed E-state index contributed by atoms with van der Waals surface area (Å²) < 4.78 is 20.6. The molecule has 0 bridgehead atoms. The fourth-order valence-corrected chi connectivity index (χ4v) is 5.18. The van der Waals surface area contributed by atoms with Crippen LogP contribution in [0.1, 0.15) is 11.1 Å². The predicted molar refractivity (Wildman–Crippen MR) is 115 cm³/mol. The molecule has 1 fully saturated rings. The molecule has 0 unspecified atom stereocenters. The van der Waals surface area contributed by atoms with Crippen molar-refractivity contribution >= 4 is 17.3 Å². The molecule has 2 heterocycles. The van der Waals surface area contributed by atoms with Crippen LogP contribution in [0.3, 0.4) is 0 Å². The summed E-state index contributed by atoms with van der Waals surface area (Å²) in [6.07, 6.45) is 0.757. The molecule has 0 aliphatic carbocycles. The second-order valence-corrected chi connectivity index (χ2v) is 8.03. The summed E-state index contributed by atoms with van der Waals surface area (Å²) in [5.74, 6) is 0.299. The van der Waals surface area contributed by atoms with E-state index in [2.05, 4.69) is 34.5 Å². The van der Waals surface area contributed by atoms with E-state index in [1.165, 1.54) is 5.56 Å². The zero-order valence-corrected chi connectivity index (χ0v) is 17.0. The fourth-order valence-electron chi connectivity index (χ4n) is 4.91. The first-order valence-corrected chi connectivity index (χ1v) is 10.2. The van der Waals surface area contributed by atoms with Crippen molar-refractivity contribution in [3.8, 4) is 16.9 Å². The van der Waals surface area contributed by atoms with Gasteiger partial charge in [0.1, 0.15) is 11.6 Å². The maximum atomic E-state index is 15.0. The summed E-state index contributed by atoms with van der Waals surface area (Å²) in [5.41, 5.74) is 4.54.